The molecule has 4 heteroatoms. The van der Waals surface area contributed by atoms with Gasteiger partial charge in [0.2, 0.25) is 0 Å². The summed E-state index contributed by atoms with van der Waals surface area (Å²) in [6, 6.07) is 11.3. The van der Waals surface area contributed by atoms with E-state index in [2.05, 4.69) is 54.7 Å². The summed E-state index contributed by atoms with van der Waals surface area (Å²) in [7, 11) is 1.69. The molecular formula is C20H23NO2S. The molecule has 0 saturated heterocycles. The summed E-state index contributed by atoms with van der Waals surface area (Å²) in [5.41, 5.74) is 2.59. The normalized spacial score (nSPS) is 24.3. The number of hydrogen-bond acceptors (Lipinski definition) is 4. The maximum Gasteiger partial charge on any atom is 0.119 e. The Morgan fingerprint density at radius 1 is 1.21 bits per heavy atom. The fraction of sp³-hybridized carbons (Fsp3) is 0.400. The summed E-state index contributed by atoms with van der Waals surface area (Å²) in [4.78, 5) is 2.82. The summed E-state index contributed by atoms with van der Waals surface area (Å²) in [5.74, 6) is 1.99. The molecule has 24 heavy (non-hydrogen) atoms. The highest BCUT2D eigenvalue weighted by atomic mass is 32.1. The summed E-state index contributed by atoms with van der Waals surface area (Å²) in [6.07, 6.45) is 5.84. The number of nitrogens with one attached hydrogen (secondary N) is 1. The Bertz CT molecular complexity index is 752. The van der Waals surface area contributed by atoms with Crippen LogP contribution in [-0.2, 0) is 4.74 Å². The van der Waals surface area contributed by atoms with Crippen LogP contribution >= 0.6 is 11.3 Å². The van der Waals surface area contributed by atoms with Gasteiger partial charge in [-0.15, -0.1) is 11.3 Å². The van der Waals surface area contributed by atoms with Crippen LogP contribution in [0.2, 0.25) is 0 Å². The summed E-state index contributed by atoms with van der Waals surface area (Å²) in [5, 5.41) is 3.78. The summed E-state index contributed by atoms with van der Waals surface area (Å²) < 4.78 is 10.9. The topological polar surface area (TPSA) is 30.5 Å². The van der Waals surface area contributed by atoms with Crippen molar-refractivity contribution >= 4 is 17.0 Å². The van der Waals surface area contributed by atoms with Gasteiger partial charge < -0.3 is 14.8 Å². The van der Waals surface area contributed by atoms with E-state index in [1.54, 1.807) is 7.11 Å². The molecule has 1 N–H and O–H groups in total. The number of methoxy groups -OCH3 is 1. The molecule has 0 spiro atoms. The highest BCUT2D eigenvalue weighted by Gasteiger charge is 2.38. The molecular weight excluding hydrogens is 318 g/mol. The van der Waals surface area contributed by atoms with Gasteiger partial charge in [0.05, 0.1) is 12.6 Å². The Kier molecular flexibility index (Phi) is 4.33. The molecule has 0 bridgehead atoms. The van der Waals surface area contributed by atoms with Crippen molar-refractivity contribution in [2.75, 3.05) is 25.6 Å². The number of allylic oxidation sites excluding steroid dienone is 2. The number of benzene rings is 1. The molecule has 0 radical (unpaired) electrons. The first kappa shape index (κ1) is 15.7. The van der Waals surface area contributed by atoms with Crippen LogP contribution in [-0.4, -0.2) is 20.3 Å². The Hall–Kier alpha value is -1.78. The second-order valence-electron chi connectivity index (χ2n) is 6.51. The van der Waals surface area contributed by atoms with E-state index in [0.29, 0.717) is 31.1 Å². The highest BCUT2D eigenvalue weighted by molar-refractivity contribution is 7.12. The maximum absolute atomic E-state index is 5.80. The van der Waals surface area contributed by atoms with E-state index in [-0.39, 0.29) is 0 Å². The second kappa shape index (κ2) is 6.61. The van der Waals surface area contributed by atoms with Gasteiger partial charge in [-0.2, -0.15) is 0 Å². The molecule has 2 aromatic rings. The van der Waals surface area contributed by atoms with Gasteiger partial charge >= 0.3 is 0 Å². The zero-order valence-electron chi connectivity index (χ0n) is 14.1. The van der Waals surface area contributed by atoms with E-state index in [4.69, 9.17) is 9.47 Å². The number of aryl methyl sites for hydroxylation is 1. The number of hydrogen-bond donors (Lipinski definition) is 1. The Balaban J connectivity index is 1.63. The van der Waals surface area contributed by atoms with Crippen molar-refractivity contribution < 1.29 is 9.47 Å². The standard InChI is InChI=1S/C20H23NO2S/c1-13-6-9-19(24-13)20-16-5-3-4-15(16)17-12-14(23-11-10-22-2)7-8-18(17)21-20/h3-4,6-9,12,15-16,20-21H,5,10-11H2,1-2H3. The van der Waals surface area contributed by atoms with Crippen LogP contribution in [0, 0.1) is 12.8 Å². The zero-order chi connectivity index (χ0) is 16.5. The lowest BCUT2D eigenvalue weighted by Crippen LogP contribution is -2.28. The lowest BCUT2D eigenvalue weighted by atomic mass is 9.79. The predicted octanol–water partition coefficient (Wildman–Crippen LogP) is 4.91. The predicted molar refractivity (Wildman–Crippen MR) is 99.2 cm³/mol. The molecule has 0 fully saturated rings. The minimum atomic E-state index is 0.399. The minimum absolute atomic E-state index is 0.399. The summed E-state index contributed by atoms with van der Waals surface area (Å²) >= 11 is 1.91. The number of thiophene rings is 1. The van der Waals surface area contributed by atoms with E-state index in [1.807, 2.05) is 11.3 Å². The fourth-order valence-corrected chi connectivity index (χ4v) is 4.81. The Morgan fingerprint density at radius 3 is 2.92 bits per heavy atom. The molecule has 3 nitrogen and oxygen atoms in total. The van der Waals surface area contributed by atoms with E-state index >= 15 is 0 Å². The van der Waals surface area contributed by atoms with E-state index < -0.39 is 0 Å². The van der Waals surface area contributed by atoms with Gasteiger partial charge in [-0.1, -0.05) is 12.2 Å². The quantitative estimate of drug-likeness (QED) is 0.619. The summed E-state index contributed by atoms with van der Waals surface area (Å²) in [6.45, 7) is 3.38. The molecule has 2 aliphatic rings. The van der Waals surface area contributed by atoms with Crippen molar-refractivity contribution in [3.05, 3.63) is 57.8 Å². The van der Waals surface area contributed by atoms with E-state index in [1.165, 1.54) is 21.0 Å². The van der Waals surface area contributed by atoms with Crippen LogP contribution in [0.5, 0.6) is 5.75 Å². The van der Waals surface area contributed by atoms with Crippen molar-refractivity contribution in [1.29, 1.82) is 0 Å². The number of fused-ring (bicyclic) bond motifs is 3. The molecule has 1 aliphatic heterocycles. The first-order valence-electron chi connectivity index (χ1n) is 8.51. The Labute approximate surface area is 147 Å². The van der Waals surface area contributed by atoms with Crippen LogP contribution < -0.4 is 10.1 Å². The van der Waals surface area contributed by atoms with Crippen LogP contribution in [0.15, 0.2) is 42.5 Å². The van der Waals surface area contributed by atoms with E-state index in [9.17, 15) is 0 Å². The van der Waals surface area contributed by atoms with Crippen molar-refractivity contribution in [1.82, 2.24) is 0 Å². The molecule has 3 atom stereocenters. The van der Waals surface area contributed by atoms with Gasteiger partial charge in [0.25, 0.3) is 0 Å². The average Bonchev–Trinajstić information content (AvgIpc) is 3.23. The first-order valence-corrected chi connectivity index (χ1v) is 9.33. The lowest BCUT2D eigenvalue weighted by Gasteiger charge is -2.37. The van der Waals surface area contributed by atoms with Crippen molar-refractivity contribution in [3.63, 3.8) is 0 Å². The van der Waals surface area contributed by atoms with Crippen LogP contribution in [0.4, 0.5) is 5.69 Å². The van der Waals surface area contributed by atoms with Gasteiger partial charge in [-0.05, 0) is 55.2 Å². The average molecular weight is 341 g/mol. The number of rotatable bonds is 5. The van der Waals surface area contributed by atoms with Crippen molar-refractivity contribution in [3.8, 4) is 5.75 Å². The molecule has 4 rings (SSSR count). The zero-order valence-corrected chi connectivity index (χ0v) is 14.9. The van der Waals surface area contributed by atoms with Crippen LogP contribution in [0.25, 0.3) is 0 Å². The van der Waals surface area contributed by atoms with Gasteiger partial charge in [0.1, 0.15) is 12.4 Å². The maximum atomic E-state index is 5.80. The molecule has 0 amide bonds. The van der Waals surface area contributed by atoms with Gasteiger partial charge in [-0.25, -0.2) is 0 Å². The monoisotopic (exact) mass is 341 g/mol. The highest BCUT2D eigenvalue weighted by Crippen LogP contribution is 2.51. The fourth-order valence-electron chi connectivity index (χ4n) is 3.81. The third-order valence-corrected chi connectivity index (χ3v) is 6.04. The smallest absolute Gasteiger partial charge is 0.119 e. The lowest BCUT2D eigenvalue weighted by molar-refractivity contribution is 0.146. The molecule has 1 aromatic heterocycles. The molecule has 3 unspecified atom stereocenters. The van der Waals surface area contributed by atoms with Gasteiger partial charge in [-0.3, -0.25) is 0 Å². The molecule has 126 valence electrons. The molecule has 1 aromatic carbocycles. The number of anilines is 1. The van der Waals surface area contributed by atoms with Crippen molar-refractivity contribution in [2.24, 2.45) is 5.92 Å². The Morgan fingerprint density at radius 2 is 2.12 bits per heavy atom. The molecule has 2 heterocycles. The van der Waals surface area contributed by atoms with Crippen molar-refractivity contribution in [2.45, 2.75) is 25.3 Å². The first-order chi connectivity index (χ1) is 11.8. The van der Waals surface area contributed by atoms with Gasteiger partial charge in [0.15, 0.2) is 0 Å². The molecule has 0 saturated carbocycles. The van der Waals surface area contributed by atoms with Crippen LogP contribution in [0.1, 0.15) is 33.7 Å². The SMILES string of the molecule is COCCOc1ccc2c(c1)C1C=CCC1C(c1ccc(C)s1)N2. The third-order valence-electron chi connectivity index (χ3n) is 4.96. The van der Waals surface area contributed by atoms with Crippen LogP contribution in [0.3, 0.4) is 0 Å². The number of ether oxygens (including phenoxy) is 2. The minimum Gasteiger partial charge on any atom is -0.491 e. The largest absolute Gasteiger partial charge is 0.491 e. The van der Waals surface area contributed by atoms with E-state index in [0.717, 1.165) is 12.2 Å². The second-order valence-corrected chi connectivity index (χ2v) is 7.83. The molecule has 1 aliphatic carbocycles. The third kappa shape index (κ3) is 2.85. The van der Waals surface area contributed by atoms with Gasteiger partial charge in [0, 0.05) is 28.5 Å².